The minimum Gasteiger partial charge on any atom is -0.493 e. The van der Waals surface area contributed by atoms with Gasteiger partial charge in [-0.05, 0) is 55.0 Å². The van der Waals surface area contributed by atoms with Crippen LogP contribution in [0.2, 0.25) is 0 Å². The van der Waals surface area contributed by atoms with Gasteiger partial charge in [-0.3, -0.25) is 4.79 Å². The smallest absolute Gasteiger partial charge is 0.231 e. The molecule has 1 unspecified atom stereocenters. The van der Waals surface area contributed by atoms with Gasteiger partial charge in [-0.1, -0.05) is 6.07 Å². The number of ether oxygens (including phenoxy) is 4. The van der Waals surface area contributed by atoms with E-state index in [1.54, 1.807) is 7.11 Å². The number of fused-ring (bicyclic) bond motifs is 2. The Bertz CT molecular complexity index is 919. The molecule has 1 amide bonds. The van der Waals surface area contributed by atoms with Crippen LogP contribution in [0.4, 0.5) is 5.69 Å². The number of rotatable bonds is 4. The Morgan fingerprint density at radius 3 is 2.79 bits per heavy atom. The monoisotopic (exact) mass is 381 g/mol. The Morgan fingerprint density at radius 2 is 1.96 bits per heavy atom. The number of carbonyl (C=O) groups is 1. The van der Waals surface area contributed by atoms with Crippen LogP contribution >= 0.6 is 0 Å². The Balaban J connectivity index is 1.50. The van der Waals surface area contributed by atoms with Crippen molar-refractivity contribution in [3.05, 3.63) is 41.5 Å². The summed E-state index contributed by atoms with van der Waals surface area (Å²) in [4.78, 5) is 12.4. The number of carbonyl (C=O) groups excluding carboxylic acids is 1. The normalized spacial score (nSPS) is 20.6. The number of hydrogen-bond acceptors (Lipinski definition) is 5. The maximum Gasteiger partial charge on any atom is 0.231 e. The standard InChI is InChI=1S/C22H23NO5/c1-25-19-8-13(9-20-22(19)27-12-26-20)17-11-21(24)23-18-10-15(6-7-16(17)18)28-14-4-2-3-5-14/h6-10,14,17H,2-5,11-12H2,1H3,(H,23,24). The summed E-state index contributed by atoms with van der Waals surface area (Å²) < 4.78 is 22.6. The first-order valence-electron chi connectivity index (χ1n) is 9.79. The lowest BCUT2D eigenvalue weighted by molar-refractivity contribution is -0.116. The van der Waals surface area contributed by atoms with E-state index in [1.807, 2.05) is 24.3 Å². The van der Waals surface area contributed by atoms with E-state index in [0.717, 1.165) is 35.4 Å². The van der Waals surface area contributed by atoms with E-state index in [4.69, 9.17) is 18.9 Å². The van der Waals surface area contributed by atoms with Gasteiger partial charge in [-0.25, -0.2) is 0 Å². The zero-order valence-electron chi connectivity index (χ0n) is 15.8. The van der Waals surface area contributed by atoms with Crippen LogP contribution in [-0.4, -0.2) is 25.9 Å². The molecule has 0 aromatic heterocycles. The predicted molar refractivity (Wildman–Crippen MR) is 104 cm³/mol. The minimum atomic E-state index is -0.0762. The topological polar surface area (TPSA) is 66.0 Å². The lowest BCUT2D eigenvalue weighted by Crippen LogP contribution is -2.23. The Kier molecular flexibility index (Phi) is 4.26. The maximum absolute atomic E-state index is 12.4. The van der Waals surface area contributed by atoms with Gasteiger partial charge in [0.2, 0.25) is 18.4 Å². The van der Waals surface area contributed by atoms with Crippen LogP contribution in [0.25, 0.3) is 0 Å². The maximum atomic E-state index is 12.4. The molecule has 3 aliphatic rings. The van der Waals surface area contributed by atoms with Crippen LogP contribution in [0.3, 0.4) is 0 Å². The van der Waals surface area contributed by atoms with E-state index in [9.17, 15) is 4.79 Å². The number of nitrogens with one attached hydrogen (secondary N) is 1. The van der Waals surface area contributed by atoms with Gasteiger partial charge in [0.05, 0.1) is 13.2 Å². The average molecular weight is 381 g/mol. The molecule has 6 heteroatoms. The molecule has 0 spiro atoms. The highest BCUT2D eigenvalue weighted by atomic mass is 16.7. The molecule has 28 heavy (non-hydrogen) atoms. The predicted octanol–water partition coefficient (Wildman–Crippen LogP) is 4.22. The Hall–Kier alpha value is -2.89. The van der Waals surface area contributed by atoms with Gasteiger partial charge in [0.1, 0.15) is 5.75 Å². The number of benzene rings is 2. The van der Waals surface area contributed by atoms with E-state index in [-0.39, 0.29) is 24.7 Å². The van der Waals surface area contributed by atoms with Crippen LogP contribution in [-0.2, 0) is 4.79 Å². The van der Waals surface area contributed by atoms with Crippen LogP contribution in [0.1, 0.15) is 49.1 Å². The SMILES string of the molecule is COc1cc(C2CC(=O)Nc3cc(OC4CCCC4)ccc32)cc2c1OCO2. The van der Waals surface area contributed by atoms with Crippen molar-refractivity contribution < 1.29 is 23.7 Å². The summed E-state index contributed by atoms with van der Waals surface area (Å²) in [5.41, 5.74) is 2.86. The molecular weight excluding hydrogens is 358 g/mol. The molecule has 1 fully saturated rings. The Labute approximate surface area is 163 Å². The first-order valence-corrected chi connectivity index (χ1v) is 9.79. The van der Waals surface area contributed by atoms with Gasteiger partial charge < -0.3 is 24.3 Å². The van der Waals surface area contributed by atoms with E-state index < -0.39 is 0 Å². The summed E-state index contributed by atoms with van der Waals surface area (Å²) in [7, 11) is 1.61. The number of amides is 1. The summed E-state index contributed by atoms with van der Waals surface area (Å²) in [6, 6.07) is 9.89. The highest BCUT2D eigenvalue weighted by molar-refractivity contribution is 5.95. The third-order valence-electron chi connectivity index (χ3n) is 5.75. The number of anilines is 1. The van der Waals surface area contributed by atoms with Crippen molar-refractivity contribution in [3.63, 3.8) is 0 Å². The quantitative estimate of drug-likeness (QED) is 0.859. The molecule has 2 heterocycles. The third-order valence-corrected chi connectivity index (χ3v) is 5.75. The number of hydrogen-bond donors (Lipinski definition) is 1. The van der Waals surface area contributed by atoms with Crippen molar-refractivity contribution >= 4 is 11.6 Å². The van der Waals surface area contributed by atoms with Gasteiger partial charge >= 0.3 is 0 Å². The summed E-state index contributed by atoms with van der Waals surface area (Å²) in [5.74, 6) is 2.63. The fourth-order valence-electron chi connectivity index (χ4n) is 4.36. The average Bonchev–Trinajstić information content (AvgIpc) is 3.37. The molecule has 1 aliphatic carbocycles. The van der Waals surface area contributed by atoms with Gasteiger partial charge in [0, 0.05) is 24.1 Å². The molecule has 0 bridgehead atoms. The third kappa shape index (κ3) is 3.03. The molecule has 6 nitrogen and oxygen atoms in total. The molecule has 2 aromatic carbocycles. The highest BCUT2D eigenvalue weighted by Gasteiger charge is 2.30. The first-order chi connectivity index (χ1) is 13.7. The van der Waals surface area contributed by atoms with Crippen LogP contribution < -0.4 is 24.3 Å². The molecule has 1 atom stereocenters. The van der Waals surface area contributed by atoms with E-state index in [2.05, 4.69) is 11.4 Å². The van der Waals surface area contributed by atoms with E-state index in [0.29, 0.717) is 23.7 Å². The van der Waals surface area contributed by atoms with Crippen molar-refractivity contribution in [2.45, 2.75) is 44.1 Å². The van der Waals surface area contributed by atoms with Crippen molar-refractivity contribution in [2.75, 3.05) is 19.2 Å². The van der Waals surface area contributed by atoms with Gasteiger partial charge in [-0.2, -0.15) is 0 Å². The minimum absolute atomic E-state index is 0.00727. The van der Waals surface area contributed by atoms with Crippen molar-refractivity contribution in [1.29, 1.82) is 0 Å². The molecule has 146 valence electrons. The second-order valence-electron chi connectivity index (χ2n) is 7.54. The van der Waals surface area contributed by atoms with Gasteiger partial charge in [-0.15, -0.1) is 0 Å². The van der Waals surface area contributed by atoms with Crippen molar-refractivity contribution in [3.8, 4) is 23.0 Å². The molecule has 1 N–H and O–H groups in total. The molecule has 0 saturated heterocycles. The summed E-state index contributed by atoms with van der Waals surface area (Å²) in [6.07, 6.45) is 5.30. The van der Waals surface area contributed by atoms with E-state index in [1.165, 1.54) is 12.8 Å². The molecule has 2 aromatic rings. The number of methoxy groups -OCH3 is 1. The molecule has 1 saturated carbocycles. The zero-order chi connectivity index (χ0) is 19.1. The first kappa shape index (κ1) is 17.2. The lowest BCUT2D eigenvalue weighted by atomic mass is 9.84. The largest absolute Gasteiger partial charge is 0.493 e. The lowest BCUT2D eigenvalue weighted by Gasteiger charge is -2.27. The molecule has 2 aliphatic heterocycles. The van der Waals surface area contributed by atoms with E-state index >= 15 is 0 Å². The summed E-state index contributed by atoms with van der Waals surface area (Å²) >= 11 is 0. The molecular formula is C22H23NO5. The summed E-state index contributed by atoms with van der Waals surface area (Å²) in [6.45, 7) is 0.179. The fraction of sp³-hybridized carbons (Fsp3) is 0.409. The van der Waals surface area contributed by atoms with Gasteiger partial charge in [0.25, 0.3) is 0 Å². The molecule has 0 radical (unpaired) electrons. The van der Waals surface area contributed by atoms with Crippen molar-refractivity contribution in [1.82, 2.24) is 0 Å². The zero-order valence-corrected chi connectivity index (χ0v) is 15.8. The van der Waals surface area contributed by atoms with Crippen LogP contribution in [0.5, 0.6) is 23.0 Å². The highest BCUT2D eigenvalue weighted by Crippen LogP contribution is 2.47. The second-order valence-corrected chi connectivity index (χ2v) is 7.54. The van der Waals surface area contributed by atoms with Crippen LogP contribution in [0.15, 0.2) is 30.3 Å². The molecule has 5 rings (SSSR count). The fourth-order valence-corrected chi connectivity index (χ4v) is 4.36. The van der Waals surface area contributed by atoms with Crippen molar-refractivity contribution in [2.24, 2.45) is 0 Å². The van der Waals surface area contributed by atoms with Crippen LogP contribution in [0, 0.1) is 0 Å². The van der Waals surface area contributed by atoms with Gasteiger partial charge in [0.15, 0.2) is 11.5 Å². The second kappa shape index (κ2) is 6.93. The summed E-state index contributed by atoms with van der Waals surface area (Å²) in [5, 5.41) is 3.00. The Morgan fingerprint density at radius 1 is 1.11 bits per heavy atom.